The zero-order valence-electron chi connectivity index (χ0n) is 14.9. The van der Waals surface area contributed by atoms with Gasteiger partial charge in [0, 0.05) is 8.95 Å². The Labute approximate surface area is 174 Å². The molecular weight excluding hydrogens is 478 g/mol. The van der Waals surface area contributed by atoms with Crippen LogP contribution in [-0.4, -0.2) is 35.8 Å². The number of hydrogen-bond donors (Lipinski definition) is 2. The van der Waals surface area contributed by atoms with E-state index in [2.05, 4.69) is 42.5 Å². The van der Waals surface area contributed by atoms with Gasteiger partial charge in [0.1, 0.15) is 5.76 Å². The minimum absolute atomic E-state index is 0.0746. The molecule has 2 amide bonds. The average Bonchev–Trinajstić information content (AvgIpc) is 3.27. The number of nitrogens with zero attached hydrogens (tertiary/aromatic N) is 1. The topological polar surface area (TPSA) is 74.6 Å². The highest BCUT2D eigenvalue weighted by Crippen LogP contribution is 2.32. The number of hydrogen-bond acceptors (Lipinski definition) is 4. The number of rotatable bonds is 6. The smallest absolute Gasteiger partial charge is 0.238 e. The molecule has 0 bridgehead atoms. The van der Waals surface area contributed by atoms with Crippen LogP contribution in [-0.2, 0) is 16.1 Å². The Kier molecular flexibility index (Phi) is 6.73. The largest absolute Gasteiger partial charge is 0.467 e. The molecule has 0 saturated carbocycles. The normalized spacial score (nSPS) is 17.1. The number of benzene rings is 1. The van der Waals surface area contributed by atoms with Gasteiger partial charge in [0.25, 0.3) is 0 Å². The average molecular weight is 499 g/mol. The van der Waals surface area contributed by atoms with Crippen LogP contribution in [0.1, 0.15) is 24.2 Å². The summed E-state index contributed by atoms with van der Waals surface area (Å²) in [4.78, 5) is 26.9. The third-order valence-corrected chi connectivity index (χ3v) is 5.73. The number of amides is 2. The fourth-order valence-corrected chi connectivity index (χ4v) is 4.81. The zero-order chi connectivity index (χ0) is 19.4. The Morgan fingerprint density at radius 1 is 1.30 bits per heavy atom. The van der Waals surface area contributed by atoms with Crippen molar-refractivity contribution < 1.29 is 14.0 Å². The molecule has 6 nitrogen and oxygen atoms in total. The summed E-state index contributed by atoms with van der Waals surface area (Å²) in [5.74, 6) is 0.486. The second-order valence-corrected chi connectivity index (χ2v) is 8.29. The lowest BCUT2D eigenvalue weighted by Gasteiger charge is -2.23. The molecule has 0 spiro atoms. The van der Waals surface area contributed by atoms with Gasteiger partial charge in [-0.2, -0.15) is 0 Å². The molecule has 2 aromatic rings. The maximum atomic E-state index is 12.5. The molecule has 0 unspecified atom stereocenters. The van der Waals surface area contributed by atoms with E-state index in [1.807, 2.05) is 30.0 Å². The summed E-state index contributed by atoms with van der Waals surface area (Å²) in [6.07, 6.45) is 3.22. The van der Waals surface area contributed by atoms with Gasteiger partial charge in [-0.05, 0) is 88.0 Å². The second kappa shape index (κ2) is 9.03. The molecular formula is C19H21Br2N3O3. The van der Waals surface area contributed by atoms with Crippen LogP contribution in [0.3, 0.4) is 0 Å². The Morgan fingerprint density at radius 3 is 2.70 bits per heavy atom. The van der Waals surface area contributed by atoms with E-state index in [4.69, 9.17) is 4.42 Å². The highest BCUT2D eigenvalue weighted by atomic mass is 79.9. The van der Waals surface area contributed by atoms with Gasteiger partial charge < -0.3 is 15.1 Å². The number of carbonyl (C=O) groups is 2. The lowest BCUT2D eigenvalue weighted by Crippen LogP contribution is -2.45. The van der Waals surface area contributed by atoms with Crippen LogP contribution < -0.4 is 10.6 Å². The van der Waals surface area contributed by atoms with Crippen molar-refractivity contribution in [2.45, 2.75) is 32.4 Å². The molecule has 1 aromatic carbocycles. The number of aryl methyl sites for hydroxylation is 1. The number of carbonyl (C=O) groups excluding carboxylic acids is 2. The van der Waals surface area contributed by atoms with E-state index in [0.717, 1.165) is 33.9 Å². The molecule has 1 aromatic heterocycles. The van der Waals surface area contributed by atoms with Crippen molar-refractivity contribution in [1.29, 1.82) is 0 Å². The molecule has 2 N–H and O–H groups in total. The molecule has 1 aliphatic heterocycles. The summed E-state index contributed by atoms with van der Waals surface area (Å²) in [5.41, 5.74) is 1.78. The number of anilines is 1. The molecule has 3 rings (SSSR count). The predicted octanol–water partition coefficient (Wildman–Crippen LogP) is 3.83. The molecule has 27 heavy (non-hydrogen) atoms. The standard InChI is InChI=1S/C19H21Br2N3O3/c1-12-8-14(20)18(15(21)9-12)23-17(25)11-24-6-2-5-16(24)19(26)22-10-13-4-3-7-27-13/h3-4,7-9,16H,2,5-6,10-11H2,1H3,(H,22,26)(H,23,25)/t16-/m0/s1. The van der Waals surface area contributed by atoms with Crippen molar-refractivity contribution in [3.05, 3.63) is 50.8 Å². The van der Waals surface area contributed by atoms with Gasteiger partial charge >= 0.3 is 0 Å². The molecule has 2 heterocycles. The van der Waals surface area contributed by atoms with Crippen LogP contribution in [0.4, 0.5) is 5.69 Å². The van der Waals surface area contributed by atoms with E-state index in [1.54, 1.807) is 12.3 Å². The quantitative estimate of drug-likeness (QED) is 0.634. The first-order chi connectivity index (χ1) is 12.9. The van der Waals surface area contributed by atoms with Gasteiger partial charge in [0.05, 0.1) is 31.1 Å². The van der Waals surface area contributed by atoms with Crippen LogP contribution in [0, 0.1) is 6.92 Å². The molecule has 1 fully saturated rings. The Balaban J connectivity index is 1.57. The van der Waals surface area contributed by atoms with Crippen molar-refractivity contribution in [3.8, 4) is 0 Å². The summed E-state index contributed by atoms with van der Waals surface area (Å²) in [5, 5.41) is 5.81. The van der Waals surface area contributed by atoms with Crippen molar-refractivity contribution in [1.82, 2.24) is 10.2 Å². The van der Waals surface area contributed by atoms with Gasteiger partial charge in [-0.3, -0.25) is 14.5 Å². The lowest BCUT2D eigenvalue weighted by molar-refractivity contribution is -0.126. The van der Waals surface area contributed by atoms with Crippen LogP contribution in [0.2, 0.25) is 0 Å². The first-order valence-corrected chi connectivity index (χ1v) is 10.3. The summed E-state index contributed by atoms with van der Waals surface area (Å²) >= 11 is 6.96. The molecule has 0 radical (unpaired) electrons. The molecule has 8 heteroatoms. The zero-order valence-corrected chi connectivity index (χ0v) is 18.1. The second-order valence-electron chi connectivity index (χ2n) is 6.58. The molecule has 1 aliphatic rings. The van der Waals surface area contributed by atoms with Crippen LogP contribution >= 0.6 is 31.9 Å². The van der Waals surface area contributed by atoms with Crippen molar-refractivity contribution in [2.24, 2.45) is 0 Å². The third-order valence-electron chi connectivity index (χ3n) is 4.48. The number of likely N-dealkylation sites (tertiary alicyclic amines) is 1. The lowest BCUT2D eigenvalue weighted by atomic mass is 10.2. The van der Waals surface area contributed by atoms with Crippen molar-refractivity contribution in [2.75, 3.05) is 18.4 Å². The first kappa shape index (κ1) is 20.1. The number of furan rings is 1. The predicted molar refractivity (Wildman–Crippen MR) is 110 cm³/mol. The van der Waals surface area contributed by atoms with Gasteiger partial charge in [-0.25, -0.2) is 0 Å². The van der Waals surface area contributed by atoms with Gasteiger partial charge in [-0.1, -0.05) is 0 Å². The highest BCUT2D eigenvalue weighted by molar-refractivity contribution is 9.11. The van der Waals surface area contributed by atoms with E-state index in [9.17, 15) is 9.59 Å². The summed E-state index contributed by atoms with van der Waals surface area (Å²) in [6, 6.07) is 7.20. The molecule has 1 atom stereocenters. The maximum Gasteiger partial charge on any atom is 0.238 e. The van der Waals surface area contributed by atoms with E-state index in [1.165, 1.54) is 0 Å². The van der Waals surface area contributed by atoms with E-state index in [-0.39, 0.29) is 24.4 Å². The first-order valence-electron chi connectivity index (χ1n) is 8.73. The monoisotopic (exact) mass is 497 g/mol. The SMILES string of the molecule is Cc1cc(Br)c(NC(=O)CN2CCC[C@H]2C(=O)NCc2ccco2)c(Br)c1. The van der Waals surface area contributed by atoms with Crippen LogP contribution in [0.15, 0.2) is 43.9 Å². The van der Waals surface area contributed by atoms with E-state index >= 15 is 0 Å². The van der Waals surface area contributed by atoms with E-state index in [0.29, 0.717) is 18.0 Å². The van der Waals surface area contributed by atoms with Crippen LogP contribution in [0.25, 0.3) is 0 Å². The summed E-state index contributed by atoms with van der Waals surface area (Å²) in [6.45, 7) is 3.23. The van der Waals surface area contributed by atoms with Gasteiger partial charge in [0.2, 0.25) is 11.8 Å². The van der Waals surface area contributed by atoms with Crippen molar-refractivity contribution >= 4 is 49.4 Å². The maximum absolute atomic E-state index is 12.5. The Hall–Kier alpha value is -1.64. The molecule has 1 saturated heterocycles. The van der Waals surface area contributed by atoms with Gasteiger partial charge in [0.15, 0.2) is 0 Å². The summed E-state index contributed by atoms with van der Waals surface area (Å²) in [7, 11) is 0. The fraction of sp³-hybridized carbons (Fsp3) is 0.368. The van der Waals surface area contributed by atoms with Crippen LogP contribution in [0.5, 0.6) is 0 Å². The molecule has 0 aliphatic carbocycles. The summed E-state index contributed by atoms with van der Waals surface area (Å²) < 4.78 is 6.87. The molecule has 144 valence electrons. The van der Waals surface area contributed by atoms with E-state index < -0.39 is 0 Å². The minimum atomic E-state index is -0.296. The van der Waals surface area contributed by atoms with Gasteiger partial charge in [-0.15, -0.1) is 0 Å². The Morgan fingerprint density at radius 2 is 2.04 bits per heavy atom. The third kappa shape index (κ3) is 5.21. The Bertz CT molecular complexity index is 801. The highest BCUT2D eigenvalue weighted by Gasteiger charge is 2.32. The fourth-order valence-electron chi connectivity index (χ4n) is 3.20. The minimum Gasteiger partial charge on any atom is -0.467 e. The van der Waals surface area contributed by atoms with Crippen molar-refractivity contribution in [3.63, 3.8) is 0 Å². The number of halogens is 2. The number of nitrogens with one attached hydrogen (secondary N) is 2.